The first-order chi connectivity index (χ1) is 12.0. The molecule has 3 heterocycles. The van der Waals surface area contributed by atoms with Gasteiger partial charge in [0.2, 0.25) is 5.91 Å². The van der Waals surface area contributed by atoms with E-state index in [1.54, 1.807) is 0 Å². The summed E-state index contributed by atoms with van der Waals surface area (Å²) in [4.78, 5) is 26.9. The molecule has 1 atom stereocenters. The smallest absolute Gasteiger partial charge is 0.335 e. The van der Waals surface area contributed by atoms with E-state index < -0.39 is 12.2 Å². The van der Waals surface area contributed by atoms with E-state index in [2.05, 4.69) is 5.10 Å². The number of aryl methyl sites for hydroxylation is 2. The maximum atomic E-state index is 13.1. The Bertz CT molecular complexity index is 849. The number of aromatic nitrogens is 3. The van der Waals surface area contributed by atoms with Crippen LogP contribution in [0.3, 0.4) is 0 Å². The third kappa shape index (κ3) is 2.88. The molecule has 132 valence electrons. The van der Waals surface area contributed by atoms with Gasteiger partial charge in [-0.2, -0.15) is 5.10 Å². The van der Waals surface area contributed by atoms with E-state index in [0.29, 0.717) is 25.2 Å². The first-order valence-corrected chi connectivity index (χ1v) is 8.69. The number of likely N-dealkylation sites (tertiary alicyclic amines) is 1. The zero-order valence-corrected chi connectivity index (χ0v) is 14.2. The van der Waals surface area contributed by atoms with Crippen LogP contribution in [0.5, 0.6) is 0 Å². The topological polar surface area (TPSA) is 60.1 Å². The van der Waals surface area contributed by atoms with Crippen LogP contribution in [0.2, 0.25) is 0 Å². The van der Waals surface area contributed by atoms with Crippen LogP contribution in [0.15, 0.2) is 29.1 Å². The molecule has 0 radical (unpaired) electrons. The molecule has 1 saturated heterocycles. The van der Waals surface area contributed by atoms with E-state index in [4.69, 9.17) is 0 Å². The second-order valence-electron chi connectivity index (χ2n) is 6.96. The number of hydrogen-bond acceptors (Lipinski definition) is 3. The number of carbonyl (C=O) groups is 1. The van der Waals surface area contributed by atoms with Crippen molar-refractivity contribution in [2.45, 2.75) is 44.9 Å². The van der Waals surface area contributed by atoms with E-state index in [1.807, 2.05) is 31.2 Å². The number of alkyl halides is 1. The fourth-order valence-corrected chi connectivity index (χ4v) is 3.55. The number of amides is 1. The second kappa shape index (κ2) is 6.13. The quantitative estimate of drug-likeness (QED) is 0.847. The minimum Gasteiger partial charge on any atom is -0.335 e. The Kier molecular flexibility index (Phi) is 3.94. The van der Waals surface area contributed by atoms with Gasteiger partial charge in [0.25, 0.3) is 0 Å². The van der Waals surface area contributed by atoms with Gasteiger partial charge in [0.15, 0.2) is 0 Å². The minimum atomic E-state index is -0.937. The van der Waals surface area contributed by atoms with Crippen LogP contribution in [0.25, 0.3) is 0 Å². The largest absolute Gasteiger partial charge is 0.346 e. The Morgan fingerprint density at radius 1 is 1.28 bits per heavy atom. The van der Waals surface area contributed by atoms with Crippen LogP contribution in [0, 0.1) is 6.92 Å². The van der Waals surface area contributed by atoms with E-state index in [9.17, 15) is 14.0 Å². The Morgan fingerprint density at radius 3 is 2.68 bits per heavy atom. The highest BCUT2D eigenvalue weighted by Gasteiger charge is 2.38. The van der Waals surface area contributed by atoms with Gasteiger partial charge in [-0.05, 0) is 25.3 Å². The van der Waals surface area contributed by atoms with Crippen molar-refractivity contribution in [1.82, 2.24) is 19.2 Å². The summed E-state index contributed by atoms with van der Waals surface area (Å²) in [5, 5.41) is 4.44. The van der Waals surface area contributed by atoms with Crippen molar-refractivity contribution >= 4 is 5.91 Å². The number of rotatable bonds is 3. The standard InChI is InChI=1S/C18H21FN4O2/c1-12-5-7-13(8-6-12)9-22-18(25)23-15(3-2-4-16(23)20-22)17(24)21-10-14(19)11-21/h5-8,14-15H,2-4,9-11H2,1H3/t15-/m0/s1. The average Bonchev–Trinajstić information content (AvgIpc) is 2.89. The number of benzene rings is 1. The van der Waals surface area contributed by atoms with Gasteiger partial charge in [-0.25, -0.2) is 13.9 Å². The number of halogens is 1. The van der Waals surface area contributed by atoms with Crippen molar-refractivity contribution in [2.24, 2.45) is 0 Å². The van der Waals surface area contributed by atoms with Gasteiger partial charge in [-0.1, -0.05) is 29.8 Å². The summed E-state index contributed by atoms with van der Waals surface area (Å²) in [6.07, 6.45) is 1.17. The SMILES string of the molecule is Cc1ccc(Cn2nc3n(c2=O)[C@H](C(=O)N2CC(F)C2)CCC3)cc1. The summed E-state index contributed by atoms with van der Waals surface area (Å²) in [6.45, 7) is 2.67. The van der Waals surface area contributed by atoms with Gasteiger partial charge in [-0.3, -0.25) is 9.36 Å². The third-order valence-electron chi connectivity index (χ3n) is 5.02. The van der Waals surface area contributed by atoms with Gasteiger partial charge in [0.05, 0.1) is 19.6 Å². The molecule has 2 aliphatic heterocycles. The number of hydrogen-bond donors (Lipinski definition) is 0. The van der Waals surface area contributed by atoms with Gasteiger partial charge >= 0.3 is 5.69 Å². The first kappa shape index (κ1) is 16.1. The molecule has 1 fully saturated rings. The van der Waals surface area contributed by atoms with E-state index in [-0.39, 0.29) is 24.7 Å². The Balaban J connectivity index is 1.61. The fourth-order valence-electron chi connectivity index (χ4n) is 3.55. The molecular weight excluding hydrogens is 323 g/mol. The van der Waals surface area contributed by atoms with Gasteiger partial charge in [0.1, 0.15) is 18.0 Å². The molecule has 1 aromatic heterocycles. The molecule has 7 heteroatoms. The predicted molar refractivity (Wildman–Crippen MR) is 90.2 cm³/mol. The molecule has 4 rings (SSSR count). The number of carbonyl (C=O) groups excluding carboxylic acids is 1. The average molecular weight is 344 g/mol. The van der Waals surface area contributed by atoms with Crippen molar-refractivity contribution in [1.29, 1.82) is 0 Å². The number of nitrogens with zero attached hydrogens (tertiary/aromatic N) is 4. The summed E-state index contributed by atoms with van der Waals surface area (Å²) < 4.78 is 16.0. The van der Waals surface area contributed by atoms with E-state index in [1.165, 1.54) is 14.1 Å². The van der Waals surface area contributed by atoms with E-state index >= 15 is 0 Å². The third-order valence-corrected chi connectivity index (χ3v) is 5.02. The Labute approximate surface area is 144 Å². The molecular formula is C18H21FN4O2. The fraction of sp³-hybridized carbons (Fsp3) is 0.500. The maximum Gasteiger partial charge on any atom is 0.346 e. The summed E-state index contributed by atoms with van der Waals surface area (Å²) in [5.41, 5.74) is 1.89. The van der Waals surface area contributed by atoms with Crippen molar-refractivity contribution in [3.8, 4) is 0 Å². The summed E-state index contributed by atoms with van der Waals surface area (Å²) >= 11 is 0. The Morgan fingerprint density at radius 2 is 2.00 bits per heavy atom. The molecule has 1 amide bonds. The number of fused-ring (bicyclic) bond motifs is 1. The molecule has 0 spiro atoms. The lowest BCUT2D eigenvalue weighted by Crippen LogP contribution is -2.54. The lowest BCUT2D eigenvalue weighted by atomic mass is 10.0. The highest BCUT2D eigenvalue weighted by molar-refractivity contribution is 5.81. The molecule has 0 saturated carbocycles. The predicted octanol–water partition coefficient (Wildman–Crippen LogP) is 1.46. The second-order valence-corrected chi connectivity index (χ2v) is 6.96. The summed E-state index contributed by atoms with van der Waals surface area (Å²) in [6, 6.07) is 7.41. The molecule has 2 aromatic rings. The van der Waals surface area contributed by atoms with E-state index in [0.717, 1.165) is 17.5 Å². The molecule has 0 unspecified atom stereocenters. The highest BCUT2D eigenvalue weighted by atomic mass is 19.1. The maximum absolute atomic E-state index is 13.1. The molecule has 0 N–H and O–H groups in total. The molecule has 0 aliphatic carbocycles. The highest BCUT2D eigenvalue weighted by Crippen LogP contribution is 2.26. The molecule has 6 nitrogen and oxygen atoms in total. The van der Waals surface area contributed by atoms with Crippen LogP contribution < -0.4 is 5.69 Å². The van der Waals surface area contributed by atoms with Crippen molar-refractivity contribution < 1.29 is 9.18 Å². The van der Waals surface area contributed by atoms with Gasteiger partial charge in [0, 0.05) is 6.42 Å². The van der Waals surface area contributed by atoms with Gasteiger partial charge in [-0.15, -0.1) is 0 Å². The zero-order valence-electron chi connectivity index (χ0n) is 14.2. The zero-order chi connectivity index (χ0) is 17.6. The van der Waals surface area contributed by atoms with Crippen molar-refractivity contribution in [3.05, 3.63) is 51.7 Å². The van der Waals surface area contributed by atoms with Crippen molar-refractivity contribution in [3.63, 3.8) is 0 Å². The van der Waals surface area contributed by atoms with Gasteiger partial charge < -0.3 is 4.90 Å². The van der Waals surface area contributed by atoms with Crippen LogP contribution in [0.4, 0.5) is 4.39 Å². The summed E-state index contributed by atoms with van der Waals surface area (Å²) in [5.74, 6) is 0.492. The monoisotopic (exact) mass is 344 g/mol. The first-order valence-electron chi connectivity index (χ1n) is 8.69. The lowest BCUT2D eigenvalue weighted by Gasteiger charge is -2.37. The van der Waals surface area contributed by atoms with Crippen molar-refractivity contribution in [2.75, 3.05) is 13.1 Å². The summed E-state index contributed by atoms with van der Waals surface area (Å²) in [7, 11) is 0. The normalized spacial score (nSPS) is 20.2. The molecule has 0 bridgehead atoms. The van der Waals surface area contributed by atoms with Crippen LogP contribution in [-0.4, -0.2) is 44.4 Å². The minimum absolute atomic E-state index is 0.136. The molecule has 1 aromatic carbocycles. The molecule has 25 heavy (non-hydrogen) atoms. The van der Waals surface area contributed by atoms with Crippen LogP contribution >= 0.6 is 0 Å². The Hall–Kier alpha value is -2.44. The molecule has 2 aliphatic rings. The van der Waals surface area contributed by atoms with Crippen LogP contribution in [-0.2, 0) is 17.8 Å². The lowest BCUT2D eigenvalue weighted by molar-refractivity contribution is -0.142. The van der Waals surface area contributed by atoms with Crippen LogP contribution in [0.1, 0.15) is 35.8 Å².